The van der Waals surface area contributed by atoms with Crippen LogP contribution >= 0.6 is 0 Å². The number of halogens is 2. The number of amides is 1. The number of hydrogen-bond donors (Lipinski definition) is 1. The van der Waals surface area contributed by atoms with E-state index in [2.05, 4.69) is 20.4 Å². The Kier molecular flexibility index (Phi) is 4.27. The Labute approximate surface area is 137 Å². The third kappa shape index (κ3) is 3.40. The summed E-state index contributed by atoms with van der Waals surface area (Å²) in [5, 5.41) is 5.91. The van der Waals surface area contributed by atoms with Crippen molar-refractivity contribution in [3.8, 4) is 0 Å². The number of aromatic nitrogens is 3. The lowest BCUT2D eigenvalue weighted by atomic mass is 10.2. The van der Waals surface area contributed by atoms with E-state index in [9.17, 15) is 13.6 Å². The van der Waals surface area contributed by atoms with Crippen LogP contribution in [0.3, 0.4) is 0 Å². The van der Waals surface area contributed by atoms with Crippen LogP contribution in [0.4, 0.5) is 8.78 Å². The smallest absolute Gasteiger partial charge is 0.292 e. The van der Waals surface area contributed by atoms with Gasteiger partial charge >= 0.3 is 0 Å². The molecule has 9 heteroatoms. The standard InChI is InChI=1S/C15H17F2N5O2/c1-9-3-4-10(19-6-9)7-22-8-15(16,17)5-11(22)14-20-12(21-24-14)13(23)18-2/h3-4,6,11H,5,7-8H2,1-2H3,(H,18,23)/t11-/m0/s1. The van der Waals surface area contributed by atoms with E-state index in [1.165, 1.54) is 7.05 Å². The molecular formula is C15H17F2N5O2. The zero-order valence-electron chi connectivity index (χ0n) is 13.3. The second kappa shape index (κ2) is 6.23. The number of pyridine rings is 1. The van der Waals surface area contributed by atoms with Gasteiger partial charge in [-0.05, 0) is 18.6 Å². The van der Waals surface area contributed by atoms with Crippen molar-refractivity contribution in [3.63, 3.8) is 0 Å². The average Bonchev–Trinajstić information content (AvgIpc) is 3.13. The summed E-state index contributed by atoms with van der Waals surface area (Å²) in [6.07, 6.45) is 1.25. The van der Waals surface area contributed by atoms with Crippen molar-refractivity contribution in [2.75, 3.05) is 13.6 Å². The highest BCUT2D eigenvalue weighted by atomic mass is 19.3. The van der Waals surface area contributed by atoms with Crippen LogP contribution in [0.2, 0.25) is 0 Å². The molecular weight excluding hydrogens is 320 g/mol. The summed E-state index contributed by atoms with van der Waals surface area (Å²) in [5.41, 5.74) is 1.67. The number of likely N-dealkylation sites (tertiary alicyclic amines) is 1. The van der Waals surface area contributed by atoms with Crippen LogP contribution in [-0.4, -0.2) is 45.4 Å². The minimum absolute atomic E-state index is 0.0119. The number of rotatable bonds is 4. The Morgan fingerprint density at radius 3 is 2.96 bits per heavy atom. The molecule has 1 saturated heterocycles. The Balaban J connectivity index is 1.82. The van der Waals surface area contributed by atoms with Crippen molar-refractivity contribution in [1.82, 2.24) is 25.3 Å². The van der Waals surface area contributed by atoms with E-state index in [0.717, 1.165) is 5.56 Å². The van der Waals surface area contributed by atoms with Gasteiger partial charge in [-0.1, -0.05) is 11.2 Å². The van der Waals surface area contributed by atoms with E-state index in [4.69, 9.17) is 4.52 Å². The molecule has 7 nitrogen and oxygen atoms in total. The van der Waals surface area contributed by atoms with Crippen molar-refractivity contribution >= 4 is 5.91 Å². The second-order valence-corrected chi connectivity index (χ2v) is 5.84. The highest BCUT2D eigenvalue weighted by Gasteiger charge is 2.48. The van der Waals surface area contributed by atoms with Gasteiger partial charge in [0.05, 0.1) is 18.3 Å². The summed E-state index contributed by atoms with van der Waals surface area (Å²) in [5.74, 6) is -3.55. The topological polar surface area (TPSA) is 84.2 Å². The van der Waals surface area contributed by atoms with Crippen molar-refractivity contribution in [1.29, 1.82) is 0 Å². The summed E-state index contributed by atoms with van der Waals surface area (Å²) >= 11 is 0. The number of nitrogens with zero attached hydrogens (tertiary/aromatic N) is 4. The number of alkyl halides is 2. The van der Waals surface area contributed by atoms with Crippen LogP contribution in [-0.2, 0) is 6.54 Å². The quantitative estimate of drug-likeness (QED) is 0.914. The predicted molar refractivity (Wildman–Crippen MR) is 79.4 cm³/mol. The van der Waals surface area contributed by atoms with E-state index in [0.29, 0.717) is 5.69 Å². The molecule has 1 N–H and O–H groups in total. The Morgan fingerprint density at radius 2 is 2.29 bits per heavy atom. The van der Waals surface area contributed by atoms with Gasteiger partial charge in [-0.15, -0.1) is 0 Å². The van der Waals surface area contributed by atoms with Crippen LogP contribution in [0.1, 0.15) is 40.2 Å². The van der Waals surface area contributed by atoms with Crippen molar-refractivity contribution in [2.45, 2.75) is 31.9 Å². The molecule has 24 heavy (non-hydrogen) atoms. The Hall–Kier alpha value is -2.42. The molecule has 0 aromatic carbocycles. The molecule has 1 aliphatic heterocycles. The molecule has 0 saturated carbocycles. The minimum atomic E-state index is -2.86. The van der Waals surface area contributed by atoms with E-state index < -0.39 is 30.8 Å². The Bertz CT molecular complexity index is 732. The van der Waals surface area contributed by atoms with Gasteiger partial charge in [0.15, 0.2) is 0 Å². The fraction of sp³-hybridized carbons (Fsp3) is 0.467. The lowest BCUT2D eigenvalue weighted by Gasteiger charge is -2.20. The lowest BCUT2D eigenvalue weighted by Crippen LogP contribution is -2.27. The molecule has 0 bridgehead atoms. The van der Waals surface area contributed by atoms with Gasteiger partial charge in [0, 0.05) is 26.2 Å². The molecule has 0 aliphatic carbocycles. The molecule has 1 fully saturated rings. The zero-order chi connectivity index (χ0) is 17.3. The highest BCUT2D eigenvalue weighted by molar-refractivity contribution is 5.89. The number of carbonyl (C=O) groups is 1. The van der Waals surface area contributed by atoms with E-state index in [1.807, 2.05) is 13.0 Å². The third-order valence-electron chi connectivity index (χ3n) is 3.86. The van der Waals surface area contributed by atoms with Gasteiger partial charge in [0.1, 0.15) is 0 Å². The minimum Gasteiger partial charge on any atom is -0.352 e. The van der Waals surface area contributed by atoms with Crippen molar-refractivity contribution in [2.24, 2.45) is 0 Å². The van der Waals surface area contributed by atoms with Crippen molar-refractivity contribution in [3.05, 3.63) is 41.3 Å². The molecule has 1 atom stereocenters. The summed E-state index contributed by atoms with van der Waals surface area (Å²) < 4.78 is 32.8. The maximum Gasteiger partial charge on any atom is 0.292 e. The van der Waals surface area contributed by atoms with Crippen LogP contribution in [0.5, 0.6) is 0 Å². The molecule has 1 aliphatic rings. The van der Waals surface area contributed by atoms with Gasteiger partial charge < -0.3 is 9.84 Å². The first-order valence-electron chi connectivity index (χ1n) is 7.47. The van der Waals surface area contributed by atoms with Gasteiger partial charge in [-0.2, -0.15) is 4.98 Å². The number of hydrogen-bond acceptors (Lipinski definition) is 6. The van der Waals surface area contributed by atoms with Crippen molar-refractivity contribution < 1.29 is 18.1 Å². The molecule has 1 amide bonds. The summed E-state index contributed by atoms with van der Waals surface area (Å²) in [4.78, 5) is 21.2. The van der Waals surface area contributed by atoms with Gasteiger partial charge in [-0.3, -0.25) is 14.7 Å². The number of nitrogens with one attached hydrogen (secondary N) is 1. The second-order valence-electron chi connectivity index (χ2n) is 5.84. The largest absolute Gasteiger partial charge is 0.352 e. The molecule has 3 rings (SSSR count). The first kappa shape index (κ1) is 16.4. The fourth-order valence-electron chi connectivity index (χ4n) is 2.67. The molecule has 2 aromatic heterocycles. The highest BCUT2D eigenvalue weighted by Crippen LogP contribution is 2.41. The normalized spacial score (nSPS) is 20.2. The van der Waals surface area contributed by atoms with E-state index in [1.54, 1.807) is 17.2 Å². The van der Waals surface area contributed by atoms with Crippen LogP contribution in [0.25, 0.3) is 0 Å². The van der Waals surface area contributed by atoms with Crippen LogP contribution in [0.15, 0.2) is 22.9 Å². The maximum atomic E-state index is 13.9. The van der Waals surface area contributed by atoms with E-state index >= 15 is 0 Å². The third-order valence-corrected chi connectivity index (χ3v) is 3.86. The lowest BCUT2D eigenvalue weighted by molar-refractivity contribution is 0.0111. The zero-order valence-corrected chi connectivity index (χ0v) is 13.3. The van der Waals surface area contributed by atoms with E-state index in [-0.39, 0.29) is 18.3 Å². The predicted octanol–water partition coefficient (Wildman–Crippen LogP) is 1.71. The summed E-state index contributed by atoms with van der Waals surface area (Å²) in [6, 6.07) is 2.92. The van der Waals surface area contributed by atoms with Crippen LogP contribution < -0.4 is 5.32 Å². The fourth-order valence-corrected chi connectivity index (χ4v) is 2.67. The summed E-state index contributed by atoms with van der Waals surface area (Å²) in [6.45, 7) is 1.71. The number of aryl methyl sites for hydroxylation is 1. The molecule has 0 radical (unpaired) electrons. The SMILES string of the molecule is CNC(=O)c1noc([C@@H]2CC(F)(F)CN2Cc2ccc(C)cn2)n1. The molecule has 0 unspecified atom stereocenters. The molecule has 128 valence electrons. The monoisotopic (exact) mass is 337 g/mol. The Morgan fingerprint density at radius 1 is 1.50 bits per heavy atom. The van der Waals surface area contributed by atoms with Gasteiger partial charge in [-0.25, -0.2) is 8.78 Å². The first-order chi connectivity index (χ1) is 11.4. The molecule has 3 heterocycles. The van der Waals surface area contributed by atoms with Crippen LogP contribution in [0, 0.1) is 6.92 Å². The summed E-state index contributed by atoms with van der Waals surface area (Å²) in [7, 11) is 1.43. The average molecular weight is 337 g/mol. The van der Waals surface area contributed by atoms with Gasteiger partial charge in [0.2, 0.25) is 5.89 Å². The first-order valence-corrected chi connectivity index (χ1v) is 7.47. The molecule has 2 aromatic rings. The maximum absolute atomic E-state index is 13.9. The number of carbonyl (C=O) groups excluding carboxylic acids is 1. The van der Waals surface area contributed by atoms with Gasteiger partial charge in [0.25, 0.3) is 17.7 Å². The molecule has 0 spiro atoms.